The van der Waals surface area contributed by atoms with Crippen molar-refractivity contribution in [1.29, 1.82) is 0 Å². The van der Waals surface area contributed by atoms with E-state index in [1.54, 1.807) is 13.1 Å². The molecule has 1 N–H and O–H groups in total. The molecule has 0 saturated carbocycles. The van der Waals surface area contributed by atoms with E-state index in [1.807, 2.05) is 12.1 Å². The summed E-state index contributed by atoms with van der Waals surface area (Å²) in [5, 5.41) is 2.56. The van der Waals surface area contributed by atoms with Crippen LogP contribution in [0.2, 0.25) is 0 Å². The summed E-state index contributed by atoms with van der Waals surface area (Å²) < 4.78 is 0. The van der Waals surface area contributed by atoms with Gasteiger partial charge in [-0.25, -0.2) is 0 Å². The van der Waals surface area contributed by atoms with Gasteiger partial charge in [0.05, 0.1) is 0 Å². The molecule has 0 unspecified atom stereocenters. The van der Waals surface area contributed by atoms with E-state index < -0.39 is 0 Å². The summed E-state index contributed by atoms with van der Waals surface area (Å²) >= 11 is 0. The van der Waals surface area contributed by atoms with Gasteiger partial charge in [0.15, 0.2) is 0 Å². The van der Waals surface area contributed by atoms with Gasteiger partial charge in [0, 0.05) is 7.05 Å². The number of aryl methyl sites for hydroxylation is 1. The lowest BCUT2D eigenvalue weighted by molar-refractivity contribution is -0.116. The second-order valence-corrected chi connectivity index (χ2v) is 3.75. The van der Waals surface area contributed by atoms with Crippen LogP contribution in [0.4, 0.5) is 0 Å². The molecule has 1 amide bonds. The van der Waals surface area contributed by atoms with Crippen molar-refractivity contribution in [2.45, 2.75) is 25.7 Å². The zero-order valence-electron chi connectivity index (χ0n) is 9.78. The van der Waals surface area contributed by atoms with Crippen LogP contribution in [0.5, 0.6) is 0 Å². The molecule has 1 aromatic rings. The van der Waals surface area contributed by atoms with Gasteiger partial charge < -0.3 is 5.32 Å². The second kappa shape index (κ2) is 7.69. The summed E-state index contributed by atoms with van der Waals surface area (Å²) in [7, 11) is 1.64. The first-order valence-corrected chi connectivity index (χ1v) is 5.75. The Bertz CT molecular complexity index is 330. The van der Waals surface area contributed by atoms with Crippen molar-refractivity contribution in [3.63, 3.8) is 0 Å². The third kappa shape index (κ3) is 5.35. The van der Waals surface area contributed by atoms with Gasteiger partial charge in [-0.15, -0.1) is 0 Å². The Morgan fingerprint density at radius 2 is 2.00 bits per heavy atom. The minimum atomic E-state index is -0.0249. The molecule has 0 aliphatic rings. The molecule has 1 aromatic carbocycles. The predicted octanol–water partition coefficient (Wildman–Crippen LogP) is 2.70. The molecule has 0 saturated heterocycles. The van der Waals surface area contributed by atoms with Crippen molar-refractivity contribution in [2.24, 2.45) is 0 Å². The molecule has 0 bridgehead atoms. The molecule has 1 rings (SSSR count). The number of likely N-dealkylation sites (N-methyl/N-ethyl adjacent to an activating group) is 1. The average Bonchev–Trinajstić information content (AvgIpc) is 2.34. The molecular weight excluding hydrogens is 198 g/mol. The highest BCUT2D eigenvalue weighted by atomic mass is 16.1. The van der Waals surface area contributed by atoms with Gasteiger partial charge in [-0.1, -0.05) is 36.4 Å². The van der Waals surface area contributed by atoms with Gasteiger partial charge >= 0.3 is 0 Å². The van der Waals surface area contributed by atoms with Crippen LogP contribution >= 0.6 is 0 Å². The second-order valence-electron chi connectivity index (χ2n) is 3.75. The highest BCUT2D eigenvalue weighted by Gasteiger charge is 1.91. The summed E-state index contributed by atoms with van der Waals surface area (Å²) in [6.45, 7) is 0. The molecule has 0 heterocycles. The number of carbonyl (C=O) groups is 1. The molecule has 86 valence electrons. The third-order valence-corrected chi connectivity index (χ3v) is 2.44. The number of benzene rings is 1. The van der Waals surface area contributed by atoms with E-state index in [2.05, 4.69) is 29.6 Å². The van der Waals surface area contributed by atoms with Gasteiger partial charge in [0.2, 0.25) is 5.91 Å². The highest BCUT2D eigenvalue weighted by Crippen LogP contribution is 2.06. The van der Waals surface area contributed by atoms with Gasteiger partial charge in [-0.2, -0.15) is 0 Å². The van der Waals surface area contributed by atoms with E-state index in [1.165, 1.54) is 12.0 Å². The molecule has 0 aromatic heterocycles. The average molecular weight is 217 g/mol. The number of hydrogen-bond donors (Lipinski definition) is 1. The van der Waals surface area contributed by atoms with Crippen molar-refractivity contribution < 1.29 is 4.79 Å². The fraction of sp³-hybridized carbons (Fsp3) is 0.357. The quantitative estimate of drug-likeness (QED) is 0.576. The summed E-state index contributed by atoms with van der Waals surface area (Å²) in [4.78, 5) is 10.9. The topological polar surface area (TPSA) is 29.1 Å². The van der Waals surface area contributed by atoms with E-state index in [0.717, 1.165) is 19.3 Å². The predicted molar refractivity (Wildman–Crippen MR) is 67.2 cm³/mol. The number of allylic oxidation sites excluding steroid dienone is 1. The normalized spacial score (nSPS) is 10.6. The molecule has 2 nitrogen and oxygen atoms in total. The lowest BCUT2D eigenvalue weighted by Crippen LogP contribution is -2.13. The molecule has 0 spiro atoms. The first-order valence-electron chi connectivity index (χ1n) is 5.75. The Labute approximate surface area is 97.4 Å². The van der Waals surface area contributed by atoms with Crippen molar-refractivity contribution in [3.05, 3.63) is 48.0 Å². The van der Waals surface area contributed by atoms with Gasteiger partial charge in [-0.05, 0) is 37.3 Å². The number of hydrogen-bond acceptors (Lipinski definition) is 1. The summed E-state index contributed by atoms with van der Waals surface area (Å²) in [5.41, 5.74) is 1.39. The van der Waals surface area contributed by atoms with E-state index in [4.69, 9.17) is 0 Å². The largest absolute Gasteiger partial charge is 0.356 e. The molecular formula is C14H19NO. The third-order valence-electron chi connectivity index (χ3n) is 2.44. The number of carbonyl (C=O) groups excluding carboxylic acids is 1. The van der Waals surface area contributed by atoms with Crippen LogP contribution in [0.15, 0.2) is 42.5 Å². The first kappa shape index (κ1) is 12.5. The number of amides is 1. The zero-order valence-corrected chi connectivity index (χ0v) is 9.78. The summed E-state index contributed by atoms with van der Waals surface area (Å²) in [6, 6.07) is 10.5. The van der Waals surface area contributed by atoms with Crippen molar-refractivity contribution in [1.82, 2.24) is 5.32 Å². The van der Waals surface area contributed by atoms with Gasteiger partial charge in [-0.3, -0.25) is 4.79 Å². The maximum Gasteiger partial charge on any atom is 0.243 e. The number of unbranched alkanes of at least 4 members (excludes halogenated alkanes) is 2. The maximum atomic E-state index is 10.9. The van der Waals surface area contributed by atoms with Gasteiger partial charge in [0.1, 0.15) is 0 Å². The number of nitrogens with one attached hydrogen (secondary N) is 1. The van der Waals surface area contributed by atoms with E-state index in [-0.39, 0.29) is 5.91 Å². The number of rotatable bonds is 6. The van der Waals surface area contributed by atoms with E-state index in [0.29, 0.717) is 0 Å². The van der Waals surface area contributed by atoms with Crippen molar-refractivity contribution >= 4 is 5.91 Å². The fourth-order valence-electron chi connectivity index (χ4n) is 1.51. The maximum absolute atomic E-state index is 10.9. The van der Waals surface area contributed by atoms with Crippen molar-refractivity contribution in [2.75, 3.05) is 7.05 Å². The summed E-state index contributed by atoms with van der Waals surface area (Å²) in [5.74, 6) is -0.0249. The molecule has 0 aliphatic heterocycles. The Morgan fingerprint density at radius 1 is 1.25 bits per heavy atom. The van der Waals surface area contributed by atoms with Crippen molar-refractivity contribution in [3.8, 4) is 0 Å². The molecule has 16 heavy (non-hydrogen) atoms. The van der Waals surface area contributed by atoms with Crippen LogP contribution in [0.3, 0.4) is 0 Å². The van der Waals surface area contributed by atoms with Crippen LogP contribution in [0, 0.1) is 0 Å². The fourth-order valence-corrected chi connectivity index (χ4v) is 1.51. The summed E-state index contributed by atoms with van der Waals surface area (Å²) in [6.07, 6.45) is 7.92. The minimum Gasteiger partial charge on any atom is -0.356 e. The van der Waals surface area contributed by atoms with Crippen LogP contribution in [-0.2, 0) is 11.2 Å². The zero-order chi connectivity index (χ0) is 11.6. The van der Waals surface area contributed by atoms with Crippen LogP contribution in [-0.4, -0.2) is 13.0 Å². The lowest BCUT2D eigenvalue weighted by atomic mass is 10.1. The molecule has 0 fully saturated rings. The Kier molecular flexibility index (Phi) is 6.00. The SMILES string of the molecule is CNC(=O)/C=C/CCCCc1ccccc1. The van der Waals surface area contributed by atoms with Crippen LogP contribution in [0.25, 0.3) is 0 Å². The molecule has 0 aliphatic carbocycles. The van der Waals surface area contributed by atoms with Crippen LogP contribution in [0.1, 0.15) is 24.8 Å². The Morgan fingerprint density at radius 3 is 2.69 bits per heavy atom. The Hall–Kier alpha value is -1.57. The minimum absolute atomic E-state index is 0.0249. The smallest absolute Gasteiger partial charge is 0.243 e. The molecule has 0 atom stereocenters. The monoisotopic (exact) mass is 217 g/mol. The highest BCUT2D eigenvalue weighted by molar-refractivity contribution is 5.87. The standard InChI is InChI=1S/C14H19NO/c1-15-14(16)12-8-3-2-5-9-13-10-6-4-7-11-13/h4,6-8,10-12H,2-3,5,9H2,1H3,(H,15,16)/b12-8+. The van der Waals surface area contributed by atoms with E-state index >= 15 is 0 Å². The van der Waals surface area contributed by atoms with E-state index in [9.17, 15) is 4.79 Å². The van der Waals surface area contributed by atoms with Crippen LogP contribution < -0.4 is 5.32 Å². The Balaban J connectivity index is 2.09. The lowest BCUT2D eigenvalue weighted by Gasteiger charge is -1.99. The first-order chi connectivity index (χ1) is 7.83. The molecule has 0 radical (unpaired) electrons. The van der Waals surface area contributed by atoms with Gasteiger partial charge in [0.25, 0.3) is 0 Å². The molecule has 2 heteroatoms.